The highest BCUT2D eigenvalue weighted by Gasteiger charge is 2.50. The number of hydrazone groups is 1. The van der Waals surface area contributed by atoms with E-state index in [0.29, 0.717) is 23.7 Å². The quantitative estimate of drug-likeness (QED) is 0.511. The molecule has 1 aromatic carbocycles. The zero-order valence-corrected chi connectivity index (χ0v) is 20.5. The van der Waals surface area contributed by atoms with Gasteiger partial charge in [-0.25, -0.2) is 9.80 Å². The number of amides is 4. The number of nitrogens with zero attached hydrogens (tertiary/aromatic N) is 3. The van der Waals surface area contributed by atoms with Crippen molar-refractivity contribution in [1.82, 2.24) is 15.2 Å². The average molecular weight is 491 g/mol. The van der Waals surface area contributed by atoms with E-state index in [1.165, 1.54) is 16.3 Å². The maximum Gasteiger partial charge on any atom is 0.325 e. The standard InChI is InChI=1S/C26H26N4O4S/c1-16(2)17-8-10-18(11-9-17)26(3)24(32)29(25(33)27-26)15-23(31)30-20(21-6-4-12-34-21)14-19(28-30)22-7-5-13-35-22/h4-13,16,20H,14-15H2,1-3H3,(H,27,33). The monoisotopic (exact) mass is 490 g/mol. The van der Waals surface area contributed by atoms with E-state index >= 15 is 0 Å². The lowest BCUT2D eigenvalue weighted by molar-refractivity contribution is -0.140. The first kappa shape index (κ1) is 23.0. The van der Waals surface area contributed by atoms with Crippen LogP contribution in [0.3, 0.4) is 0 Å². The van der Waals surface area contributed by atoms with Gasteiger partial charge in [0, 0.05) is 6.42 Å². The Morgan fingerprint density at radius 3 is 2.60 bits per heavy atom. The predicted octanol–water partition coefficient (Wildman–Crippen LogP) is 4.61. The van der Waals surface area contributed by atoms with E-state index in [1.807, 2.05) is 41.8 Å². The molecule has 1 N–H and O–H groups in total. The first-order valence-corrected chi connectivity index (χ1v) is 12.4. The molecule has 2 aromatic heterocycles. The normalized spacial score (nSPS) is 22.2. The summed E-state index contributed by atoms with van der Waals surface area (Å²) in [5.74, 6) is 0.0215. The highest BCUT2D eigenvalue weighted by molar-refractivity contribution is 7.12. The van der Waals surface area contributed by atoms with E-state index in [2.05, 4.69) is 24.3 Å². The van der Waals surface area contributed by atoms with Gasteiger partial charge < -0.3 is 9.73 Å². The van der Waals surface area contributed by atoms with Crippen LogP contribution in [0.2, 0.25) is 0 Å². The molecule has 0 radical (unpaired) electrons. The van der Waals surface area contributed by atoms with Gasteiger partial charge in [-0.1, -0.05) is 44.2 Å². The molecule has 2 aliphatic rings. The summed E-state index contributed by atoms with van der Waals surface area (Å²) in [5, 5.41) is 10.6. The second kappa shape index (κ2) is 8.81. The van der Waals surface area contributed by atoms with Crippen LogP contribution in [0.5, 0.6) is 0 Å². The molecule has 2 aliphatic heterocycles. The third-order valence-corrected chi connectivity index (χ3v) is 7.49. The third kappa shape index (κ3) is 4.05. The van der Waals surface area contributed by atoms with E-state index in [-0.39, 0.29) is 0 Å². The Labute approximate surface area is 207 Å². The fourth-order valence-corrected chi connectivity index (χ4v) is 5.20. The number of carbonyl (C=O) groups is 3. The minimum absolute atomic E-state index is 0.349. The SMILES string of the molecule is CC(C)c1ccc(C2(C)NC(=O)N(CC(=O)N3N=C(c4cccs4)CC3c3ccco3)C2=O)cc1. The van der Waals surface area contributed by atoms with Gasteiger partial charge in [-0.05, 0) is 47.5 Å². The number of hydrogen-bond donors (Lipinski definition) is 1. The summed E-state index contributed by atoms with van der Waals surface area (Å²) in [5.41, 5.74) is 1.33. The largest absolute Gasteiger partial charge is 0.467 e. The Kier molecular flexibility index (Phi) is 5.80. The summed E-state index contributed by atoms with van der Waals surface area (Å²) in [4.78, 5) is 41.5. The van der Waals surface area contributed by atoms with Crippen molar-refractivity contribution in [3.63, 3.8) is 0 Å². The van der Waals surface area contributed by atoms with Crippen molar-refractivity contribution in [2.24, 2.45) is 5.10 Å². The Balaban J connectivity index is 1.38. The van der Waals surface area contributed by atoms with Gasteiger partial charge in [0.05, 0.1) is 16.9 Å². The van der Waals surface area contributed by atoms with Crippen molar-refractivity contribution in [3.8, 4) is 0 Å². The van der Waals surface area contributed by atoms with Crippen molar-refractivity contribution in [2.75, 3.05) is 6.54 Å². The van der Waals surface area contributed by atoms with Crippen LogP contribution in [-0.2, 0) is 15.1 Å². The van der Waals surface area contributed by atoms with Gasteiger partial charge in [0.1, 0.15) is 23.9 Å². The Bertz CT molecular complexity index is 1280. The number of carbonyl (C=O) groups excluding carboxylic acids is 3. The molecular weight excluding hydrogens is 464 g/mol. The first-order valence-electron chi connectivity index (χ1n) is 11.5. The summed E-state index contributed by atoms with van der Waals surface area (Å²) in [6.07, 6.45) is 2.04. The maximum absolute atomic E-state index is 13.4. The molecule has 4 amide bonds. The van der Waals surface area contributed by atoms with Gasteiger partial charge in [-0.15, -0.1) is 11.3 Å². The molecule has 0 spiro atoms. The number of hydrogen-bond acceptors (Lipinski definition) is 6. The number of benzene rings is 1. The summed E-state index contributed by atoms with van der Waals surface area (Å²) in [7, 11) is 0. The Morgan fingerprint density at radius 2 is 1.97 bits per heavy atom. The van der Waals surface area contributed by atoms with E-state index in [0.717, 1.165) is 21.1 Å². The van der Waals surface area contributed by atoms with Gasteiger partial charge in [0.15, 0.2) is 0 Å². The number of rotatable bonds is 6. The first-order chi connectivity index (χ1) is 16.8. The molecule has 4 heterocycles. The number of urea groups is 1. The van der Waals surface area contributed by atoms with Crippen LogP contribution in [0.15, 0.2) is 69.7 Å². The molecule has 35 heavy (non-hydrogen) atoms. The molecule has 0 saturated carbocycles. The van der Waals surface area contributed by atoms with Gasteiger partial charge in [-0.2, -0.15) is 5.10 Å². The lowest BCUT2D eigenvalue weighted by atomic mass is 9.90. The third-order valence-electron chi connectivity index (χ3n) is 6.57. The molecule has 3 aromatic rings. The molecule has 0 aliphatic carbocycles. The number of nitrogens with one attached hydrogen (secondary N) is 1. The van der Waals surface area contributed by atoms with Crippen LogP contribution in [0.1, 0.15) is 60.9 Å². The summed E-state index contributed by atoms with van der Waals surface area (Å²) in [6, 6.07) is 14.0. The lowest BCUT2D eigenvalue weighted by Gasteiger charge is -2.24. The summed E-state index contributed by atoms with van der Waals surface area (Å²) < 4.78 is 5.57. The molecule has 2 atom stereocenters. The van der Waals surface area contributed by atoms with Crippen LogP contribution in [-0.4, -0.2) is 40.0 Å². The maximum atomic E-state index is 13.4. The molecule has 9 heteroatoms. The Hall–Kier alpha value is -3.72. The fourth-order valence-electron chi connectivity index (χ4n) is 4.48. The van der Waals surface area contributed by atoms with E-state index < -0.39 is 36.0 Å². The fraction of sp³-hybridized carbons (Fsp3) is 0.308. The van der Waals surface area contributed by atoms with Crippen LogP contribution >= 0.6 is 11.3 Å². The van der Waals surface area contributed by atoms with Gasteiger partial charge in [-0.3, -0.25) is 14.5 Å². The molecule has 1 saturated heterocycles. The molecule has 0 bridgehead atoms. The predicted molar refractivity (Wildman–Crippen MR) is 132 cm³/mol. The van der Waals surface area contributed by atoms with Crippen molar-refractivity contribution in [2.45, 2.75) is 44.7 Å². The van der Waals surface area contributed by atoms with E-state index in [9.17, 15) is 14.4 Å². The second-order valence-electron chi connectivity index (χ2n) is 9.22. The zero-order valence-electron chi connectivity index (χ0n) is 19.7. The minimum Gasteiger partial charge on any atom is -0.467 e. The Morgan fingerprint density at radius 1 is 1.20 bits per heavy atom. The van der Waals surface area contributed by atoms with Crippen LogP contribution in [0, 0.1) is 0 Å². The molecular formula is C26H26N4O4S. The molecule has 2 unspecified atom stereocenters. The topological polar surface area (TPSA) is 95.2 Å². The van der Waals surface area contributed by atoms with Crippen molar-refractivity contribution >= 4 is 34.9 Å². The van der Waals surface area contributed by atoms with Crippen LogP contribution in [0.4, 0.5) is 4.79 Å². The number of imide groups is 1. The second-order valence-corrected chi connectivity index (χ2v) is 10.2. The van der Waals surface area contributed by atoms with Crippen molar-refractivity contribution < 1.29 is 18.8 Å². The van der Waals surface area contributed by atoms with Gasteiger partial charge >= 0.3 is 6.03 Å². The number of furan rings is 1. The molecule has 5 rings (SSSR count). The van der Waals surface area contributed by atoms with Crippen LogP contribution in [0.25, 0.3) is 0 Å². The van der Waals surface area contributed by atoms with Gasteiger partial charge in [0.2, 0.25) is 0 Å². The number of thiophene rings is 1. The average Bonchev–Trinajstić information content (AvgIpc) is 3.64. The van der Waals surface area contributed by atoms with Crippen molar-refractivity contribution in [3.05, 3.63) is 81.9 Å². The molecule has 8 nitrogen and oxygen atoms in total. The smallest absolute Gasteiger partial charge is 0.325 e. The highest BCUT2D eigenvalue weighted by Crippen LogP contribution is 2.35. The van der Waals surface area contributed by atoms with Gasteiger partial charge in [0.25, 0.3) is 11.8 Å². The summed E-state index contributed by atoms with van der Waals surface area (Å²) in [6.45, 7) is 5.43. The minimum atomic E-state index is -1.25. The highest BCUT2D eigenvalue weighted by atomic mass is 32.1. The summed E-state index contributed by atoms with van der Waals surface area (Å²) >= 11 is 1.54. The van der Waals surface area contributed by atoms with E-state index in [4.69, 9.17) is 4.42 Å². The zero-order chi connectivity index (χ0) is 24.7. The molecule has 1 fully saturated rings. The van der Waals surface area contributed by atoms with Crippen molar-refractivity contribution in [1.29, 1.82) is 0 Å². The van der Waals surface area contributed by atoms with E-state index in [1.54, 1.807) is 25.3 Å². The lowest BCUT2D eigenvalue weighted by Crippen LogP contribution is -2.43. The molecule has 180 valence electrons. The van der Waals surface area contributed by atoms with Crippen LogP contribution < -0.4 is 5.32 Å².